The number of ether oxygens (including phenoxy) is 1. The third-order valence-electron chi connectivity index (χ3n) is 2.69. The zero-order valence-electron chi connectivity index (χ0n) is 8.16. The van der Waals surface area contributed by atoms with E-state index in [1.165, 1.54) is 22.0 Å². The smallest absolute Gasteiger partial charge is 0.119 e. The monoisotopic (exact) mass is 303 g/mol. The lowest BCUT2D eigenvalue weighted by Gasteiger charge is -2.14. The Kier molecular flexibility index (Phi) is 2.97. The molecule has 0 bridgehead atoms. The van der Waals surface area contributed by atoms with Crippen LogP contribution in [0.3, 0.4) is 0 Å². The molecule has 2 nitrogen and oxygen atoms in total. The lowest BCUT2D eigenvalue weighted by atomic mass is 10.0. The highest BCUT2D eigenvalue weighted by Crippen LogP contribution is 2.41. The molecule has 1 saturated carbocycles. The maximum absolute atomic E-state index is 6.16. The summed E-state index contributed by atoms with van der Waals surface area (Å²) >= 11 is 2.33. The summed E-state index contributed by atoms with van der Waals surface area (Å²) in [6, 6.07) is 6.30. The molecule has 1 aliphatic rings. The fraction of sp³-hybridized carbons (Fsp3) is 0.455. The predicted molar refractivity (Wildman–Crippen MR) is 65.4 cm³/mol. The van der Waals surface area contributed by atoms with Crippen LogP contribution in [0.15, 0.2) is 18.2 Å². The summed E-state index contributed by atoms with van der Waals surface area (Å²) in [6.07, 6.45) is 2.54. The van der Waals surface area contributed by atoms with E-state index in [1.54, 1.807) is 7.11 Å². The van der Waals surface area contributed by atoms with Crippen LogP contribution < -0.4 is 10.5 Å². The highest BCUT2D eigenvalue weighted by atomic mass is 127. The van der Waals surface area contributed by atoms with Crippen LogP contribution in [0.4, 0.5) is 0 Å². The number of nitrogens with two attached hydrogens (primary N) is 1. The topological polar surface area (TPSA) is 35.2 Å². The van der Waals surface area contributed by atoms with E-state index in [2.05, 4.69) is 34.7 Å². The van der Waals surface area contributed by atoms with Crippen LogP contribution in [0.5, 0.6) is 5.75 Å². The molecular formula is C11H14INO. The molecule has 0 aliphatic heterocycles. The van der Waals surface area contributed by atoms with Crippen LogP contribution >= 0.6 is 22.6 Å². The van der Waals surface area contributed by atoms with E-state index < -0.39 is 0 Å². The minimum Gasteiger partial charge on any atom is -0.497 e. The van der Waals surface area contributed by atoms with Gasteiger partial charge in [-0.05, 0) is 65.1 Å². The van der Waals surface area contributed by atoms with Crippen molar-refractivity contribution in [2.45, 2.75) is 18.9 Å². The van der Waals surface area contributed by atoms with Crippen molar-refractivity contribution < 1.29 is 4.74 Å². The van der Waals surface area contributed by atoms with Crippen molar-refractivity contribution in [3.05, 3.63) is 27.3 Å². The molecule has 0 aromatic heterocycles. The van der Waals surface area contributed by atoms with Gasteiger partial charge < -0.3 is 10.5 Å². The Morgan fingerprint density at radius 2 is 2.21 bits per heavy atom. The number of hydrogen-bond acceptors (Lipinski definition) is 2. The maximum atomic E-state index is 6.16. The Morgan fingerprint density at radius 1 is 1.50 bits per heavy atom. The molecule has 0 radical (unpaired) electrons. The van der Waals surface area contributed by atoms with Gasteiger partial charge in [0.25, 0.3) is 0 Å². The van der Waals surface area contributed by atoms with Crippen LogP contribution in [-0.4, -0.2) is 7.11 Å². The molecule has 14 heavy (non-hydrogen) atoms. The number of halogens is 1. The number of benzene rings is 1. The van der Waals surface area contributed by atoms with Crippen molar-refractivity contribution in [3.8, 4) is 5.75 Å². The molecule has 2 N–H and O–H groups in total. The third-order valence-corrected chi connectivity index (χ3v) is 3.67. The first kappa shape index (κ1) is 10.2. The van der Waals surface area contributed by atoms with Gasteiger partial charge in [0.1, 0.15) is 5.75 Å². The average Bonchev–Trinajstić information content (AvgIpc) is 3.01. The van der Waals surface area contributed by atoms with Gasteiger partial charge in [0, 0.05) is 9.61 Å². The summed E-state index contributed by atoms with van der Waals surface area (Å²) < 4.78 is 6.44. The van der Waals surface area contributed by atoms with Crippen LogP contribution in [-0.2, 0) is 0 Å². The zero-order valence-corrected chi connectivity index (χ0v) is 10.3. The summed E-state index contributed by atoms with van der Waals surface area (Å²) in [6.45, 7) is 0. The summed E-state index contributed by atoms with van der Waals surface area (Å²) in [4.78, 5) is 0. The average molecular weight is 303 g/mol. The molecule has 0 unspecified atom stereocenters. The van der Waals surface area contributed by atoms with Gasteiger partial charge in [0.15, 0.2) is 0 Å². The van der Waals surface area contributed by atoms with E-state index in [0.29, 0.717) is 5.92 Å². The summed E-state index contributed by atoms with van der Waals surface area (Å²) in [5, 5.41) is 0. The molecule has 1 aromatic rings. The quantitative estimate of drug-likeness (QED) is 0.871. The van der Waals surface area contributed by atoms with Crippen molar-refractivity contribution in [2.75, 3.05) is 7.11 Å². The minimum absolute atomic E-state index is 0.192. The SMILES string of the molecule is COc1ccc(I)c([C@@H](N)C2CC2)c1. The van der Waals surface area contributed by atoms with Crippen molar-refractivity contribution >= 4 is 22.6 Å². The molecule has 3 heteroatoms. The molecule has 0 spiro atoms. The minimum atomic E-state index is 0.192. The Balaban J connectivity index is 2.29. The van der Waals surface area contributed by atoms with Crippen LogP contribution in [0.1, 0.15) is 24.4 Å². The molecule has 1 fully saturated rings. The van der Waals surface area contributed by atoms with Crippen molar-refractivity contribution in [1.82, 2.24) is 0 Å². The second-order valence-corrected chi connectivity index (χ2v) is 4.91. The first-order valence-electron chi connectivity index (χ1n) is 4.81. The molecule has 2 rings (SSSR count). The molecule has 1 aliphatic carbocycles. The zero-order chi connectivity index (χ0) is 10.1. The highest BCUT2D eigenvalue weighted by Gasteiger charge is 2.30. The second kappa shape index (κ2) is 4.06. The van der Waals surface area contributed by atoms with Crippen LogP contribution in [0.25, 0.3) is 0 Å². The highest BCUT2D eigenvalue weighted by molar-refractivity contribution is 14.1. The normalized spacial score (nSPS) is 17.9. The van der Waals surface area contributed by atoms with E-state index >= 15 is 0 Å². The standard InChI is InChI=1S/C11H14INO/c1-14-8-4-5-10(12)9(6-8)11(13)7-2-3-7/h4-7,11H,2-3,13H2,1H3/t11-/m0/s1. The lowest BCUT2D eigenvalue weighted by Crippen LogP contribution is -2.13. The van der Waals surface area contributed by atoms with Crippen molar-refractivity contribution in [1.29, 1.82) is 0 Å². The molecular weight excluding hydrogens is 289 g/mol. The van der Waals surface area contributed by atoms with E-state index in [4.69, 9.17) is 10.5 Å². The first-order valence-corrected chi connectivity index (χ1v) is 5.89. The van der Waals surface area contributed by atoms with Gasteiger partial charge in [-0.25, -0.2) is 0 Å². The molecule has 1 aromatic carbocycles. The van der Waals surface area contributed by atoms with Crippen LogP contribution in [0.2, 0.25) is 0 Å². The molecule has 0 amide bonds. The van der Waals surface area contributed by atoms with Gasteiger partial charge in [-0.3, -0.25) is 0 Å². The lowest BCUT2D eigenvalue weighted by molar-refractivity contribution is 0.413. The Hall–Kier alpha value is -0.290. The largest absolute Gasteiger partial charge is 0.497 e. The maximum Gasteiger partial charge on any atom is 0.119 e. The van der Waals surface area contributed by atoms with E-state index in [9.17, 15) is 0 Å². The van der Waals surface area contributed by atoms with Crippen molar-refractivity contribution in [2.24, 2.45) is 11.7 Å². The molecule has 0 saturated heterocycles. The Bertz CT molecular complexity index is 336. The van der Waals surface area contributed by atoms with Gasteiger partial charge in [0.2, 0.25) is 0 Å². The Morgan fingerprint density at radius 3 is 2.79 bits per heavy atom. The van der Waals surface area contributed by atoms with Gasteiger partial charge in [-0.15, -0.1) is 0 Å². The number of rotatable bonds is 3. The fourth-order valence-corrected chi connectivity index (χ4v) is 2.31. The molecule has 1 atom stereocenters. The van der Waals surface area contributed by atoms with Crippen molar-refractivity contribution in [3.63, 3.8) is 0 Å². The van der Waals surface area contributed by atoms with E-state index in [1.807, 2.05) is 6.07 Å². The molecule has 0 heterocycles. The van der Waals surface area contributed by atoms with Gasteiger partial charge in [0.05, 0.1) is 7.11 Å². The van der Waals surface area contributed by atoms with Gasteiger partial charge in [-0.1, -0.05) is 0 Å². The third kappa shape index (κ3) is 2.03. The summed E-state index contributed by atoms with van der Waals surface area (Å²) in [7, 11) is 1.69. The second-order valence-electron chi connectivity index (χ2n) is 3.75. The summed E-state index contributed by atoms with van der Waals surface area (Å²) in [5.41, 5.74) is 7.39. The van der Waals surface area contributed by atoms with E-state index in [-0.39, 0.29) is 6.04 Å². The number of methoxy groups -OCH3 is 1. The summed E-state index contributed by atoms with van der Waals surface area (Å²) in [5.74, 6) is 1.59. The van der Waals surface area contributed by atoms with Gasteiger partial charge >= 0.3 is 0 Å². The van der Waals surface area contributed by atoms with Gasteiger partial charge in [-0.2, -0.15) is 0 Å². The number of hydrogen-bond donors (Lipinski definition) is 1. The predicted octanol–water partition coefficient (Wildman–Crippen LogP) is 2.71. The molecule has 76 valence electrons. The Labute approximate surface area is 98.0 Å². The fourth-order valence-electron chi connectivity index (χ4n) is 1.61. The van der Waals surface area contributed by atoms with E-state index in [0.717, 1.165) is 5.75 Å². The first-order chi connectivity index (χ1) is 6.72. The van der Waals surface area contributed by atoms with Crippen LogP contribution in [0, 0.1) is 9.49 Å².